The third kappa shape index (κ3) is 4.01. The molecule has 0 saturated carbocycles. The number of nitrogens with one attached hydrogen (secondary N) is 1. The zero-order chi connectivity index (χ0) is 19.6. The summed E-state index contributed by atoms with van der Waals surface area (Å²) in [6, 6.07) is 23.9. The molecule has 1 N–H and O–H groups in total. The molecule has 7 heteroatoms. The van der Waals surface area contributed by atoms with Crippen molar-refractivity contribution < 1.29 is 8.42 Å². The van der Waals surface area contributed by atoms with Gasteiger partial charge < -0.3 is 0 Å². The van der Waals surface area contributed by atoms with E-state index in [0.717, 1.165) is 21.8 Å². The van der Waals surface area contributed by atoms with Gasteiger partial charge in [-0.2, -0.15) is 0 Å². The highest BCUT2D eigenvalue weighted by Gasteiger charge is 2.17. The molecule has 28 heavy (non-hydrogen) atoms. The summed E-state index contributed by atoms with van der Waals surface area (Å²) in [7, 11) is -3.70. The van der Waals surface area contributed by atoms with E-state index in [-0.39, 0.29) is 4.90 Å². The summed E-state index contributed by atoms with van der Waals surface area (Å²) in [5.74, 6) is 0. The van der Waals surface area contributed by atoms with Crippen LogP contribution < -0.4 is 4.72 Å². The van der Waals surface area contributed by atoms with Crippen LogP contribution in [0.2, 0.25) is 0 Å². The maximum atomic E-state index is 12.7. The van der Waals surface area contributed by atoms with E-state index in [2.05, 4.69) is 20.7 Å². The van der Waals surface area contributed by atoms with Crippen LogP contribution in [-0.2, 0) is 10.0 Å². The lowest BCUT2D eigenvalue weighted by Gasteiger charge is -2.10. The summed E-state index contributed by atoms with van der Waals surface area (Å²) in [5.41, 5.74) is 3.21. The monoisotopic (exact) mass is 470 g/mol. The van der Waals surface area contributed by atoms with Crippen molar-refractivity contribution >= 4 is 43.0 Å². The highest BCUT2D eigenvalue weighted by Crippen LogP contribution is 2.30. The minimum absolute atomic E-state index is 0.195. The average molecular weight is 471 g/mol. The number of rotatable bonds is 5. The van der Waals surface area contributed by atoms with Gasteiger partial charge in [-0.05, 0) is 40.2 Å². The van der Waals surface area contributed by atoms with E-state index in [1.807, 2.05) is 47.8 Å². The number of nitrogens with zero attached hydrogens (tertiary/aromatic N) is 1. The number of halogens is 1. The number of hydrogen-bond donors (Lipinski definition) is 1. The first kappa shape index (κ1) is 18.9. The Kier molecular flexibility index (Phi) is 5.30. The van der Waals surface area contributed by atoms with Crippen LogP contribution in [0.25, 0.3) is 21.8 Å². The van der Waals surface area contributed by atoms with Crippen LogP contribution in [0.1, 0.15) is 0 Å². The molecule has 1 aromatic heterocycles. The van der Waals surface area contributed by atoms with Crippen LogP contribution in [0.4, 0.5) is 5.69 Å². The lowest BCUT2D eigenvalue weighted by atomic mass is 10.1. The highest BCUT2D eigenvalue weighted by molar-refractivity contribution is 9.10. The zero-order valence-electron chi connectivity index (χ0n) is 14.5. The maximum absolute atomic E-state index is 12.7. The van der Waals surface area contributed by atoms with Crippen molar-refractivity contribution in [3.05, 3.63) is 88.7 Å². The van der Waals surface area contributed by atoms with Crippen LogP contribution >= 0.6 is 27.3 Å². The lowest BCUT2D eigenvalue weighted by Crippen LogP contribution is -2.13. The highest BCUT2D eigenvalue weighted by atomic mass is 79.9. The van der Waals surface area contributed by atoms with Gasteiger partial charge in [0.15, 0.2) is 0 Å². The summed E-state index contributed by atoms with van der Waals surface area (Å²) in [4.78, 5) is 4.89. The molecule has 4 nitrogen and oxygen atoms in total. The molecule has 4 rings (SSSR count). The van der Waals surface area contributed by atoms with Gasteiger partial charge in [-0.25, -0.2) is 13.4 Å². The number of sulfonamides is 1. The predicted molar refractivity (Wildman–Crippen MR) is 118 cm³/mol. The zero-order valence-corrected chi connectivity index (χ0v) is 17.8. The number of hydrogen-bond acceptors (Lipinski definition) is 4. The number of aromatic nitrogens is 1. The van der Waals surface area contributed by atoms with Crippen LogP contribution in [0.3, 0.4) is 0 Å². The number of anilines is 1. The van der Waals surface area contributed by atoms with Gasteiger partial charge >= 0.3 is 0 Å². The van der Waals surface area contributed by atoms with Gasteiger partial charge in [0.1, 0.15) is 9.90 Å². The van der Waals surface area contributed by atoms with Crippen molar-refractivity contribution in [1.29, 1.82) is 0 Å². The molecule has 0 radical (unpaired) electrons. The Hall–Kier alpha value is -2.48. The minimum Gasteiger partial charge on any atom is -0.280 e. The fourth-order valence-corrected chi connectivity index (χ4v) is 5.62. The van der Waals surface area contributed by atoms with E-state index in [9.17, 15) is 8.42 Å². The molecule has 0 saturated heterocycles. The largest absolute Gasteiger partial charge is 0.280 e. The summed E-state index contributed by atoms with van der Waals surface area (Å²) in [5, 5.41) is 2.90. The molecule has 0 bridgehead atoms. The van der Waals surface area contributed by atoms with Crippen molar-refractivity contribution in [2.24, 2.45) is 0 Å². The number of thiazole rings is 1. The van der Waals surface area contributed by atoms with Crippen LogP contribution in [0.15, 0.2) is 93.6 Å². The molecule has 0 aliphatic carbocycles. The standard InChI is InChI=1S/C21H15BrN2O2S2/c22-18-11-4-5-12-20(18)28(25,26)24-17-10-6-9-16(13-17)19-14-27-21(23-19)15-7-2-1-3-8-15/h1-14,24H. The third-order valence-electron chi connectivity index (χ3n) is 4.06. The molecular formula is C21H15BrN2O2S2. The van der Waals surface area contributed by atoms with Crippen LogP contribution in [0, 0.1) is 0 Å². The Morgan fingerprint density at radius 3 is 2.36 bits per heavy atom. The molecule has 0 amide bonds. The molecule has 140 valence electrons. The first-order valence-corrected chi connectivity index (χ1v) is 11.6. The average Bonchev–Trinajstić information content (AvgIpc) is 3.19. The van der Waals surface area contributed by atoms with Gasteiger partial charge in [0, 0.05) is 26.7 Å². The van der Waals surface area contributed by atoms with Crippen LogP contribution in [0.5, 0.6) is 0 Å². The molecule has 0 spiro atoms. The lowest BCUT2D eigenvalue weighted by molar-refractivity contribution is 0.601. The van der Waals surface area contributed by atoms with Crippen molar-refractivity contribution in [2.45, 2.75) is 4.90 Å². The second-order valence-electron chi connectivity index (χ2n) is 6.02. The third-order valence-corrected chi connectivity index (χ3v) is 7.35. The van der Waals surface area contributed by atoms with E-state index in [0.29, 0.717) is 10.2 Å². The van der Waals surface area contributed by atoms with Crippen molar-refractivity contribution in [2.75, 3.05) is 4.72 Å². The fraction of sp³-hybridized carbons (Fsp3) is 0. The Bertz CT molecular complexity index is 1220. The van der Waals surface area contributed by atoms with Gasteiger partial charge in [0.25, 0.3) is 10.0 Å². The number of benzene rings is 3. The second kappa shape index (κ2) is 7.87. The first-order valence-electron chi connectivity index (χ1n) is 8.42. The Morgan fingerprint density at radius 2 is 1.57 bits per heavy atom. The van der Waals surface area contributed by atoms with Crippen molar-refractivity contribution in [1.82, 2.24) is 4.98 Å². The topological polar surface area (TPSA) is 59.1 Å². The van der Waals surface area contributed by atoms with E-state index in [4.69, 9.17) is 4.98 Å². The van der Waals surface area contributed by atoms with E-state index >= 15 is 0 Å². The molecule has 0 unspecified atom stereocenters. The Labute approximate surface area is 176 Å². The van der Waals surface area contributed by atoms with E-state index in [1.54, 1.807) is 47.7 Å². The normalized spacial score (nSPS) is 11.3. The van der Waals surface area contributed by atoms with Crippen LogP contribution in [-0.4, -0.2) is 13.4 Å². The summed E-state index contributed by atoms with van der Waals surface area (Å²) >= 11 is 4.85. The summed E-state index contributed by atoms with van der Waals surface area (Å²) in [6.45, 7) is 0. The summed E-state index contributed by atoms with van der Waals surface area (Å²) in [6.07, 6.45) is 0. The predicted octanol–water partition coefficient (Wildman–Crippen LogP) is 6.04. The van der Waals surface area contributed by atoms with E-state index < -0.39 is 10.0 Å². The quantitative estimate of drug-likeness (QED) is 0.386. The molecular weight excluding hydrogens is 456 g/mol. The van der Waals surface area contributed by atoms with Gasteiger partial charge in [-0.1, -0.05) is 54.6 Å². The minimum atomic E-state index is -3.70. The molecule has 4 aromatic rings. The van der Waals surface area contributed by atoms with Gasteiger partial charge in [-0.15, -0.1) is 11.3 Å². The van der Waals surface area contributed by atoms with Gasteiger partial charge in [-0.3, -0.25) is 4.72 Å². The maximum Gasteiger partial charge on any atom is 0.263 e. The van der Waals surface area contributed by atoms with Crippen molar-refractivity contribution in [3.63, 3.8) is 0 Å². The van der Waals surface area contributed by atoms with Gasteiger partial charge in [0.2, 0.25) is 0 Å². The van der Waals surface area contributed by atoms with E-state index in [1.165, 1.54) is 0 Å². The fourth-order valence-electron chi connectivity index (χ4n) is 2.73. The molecule has 0 aliphatic heterocycles. The Morgan fingerprint density at radius 1 is 0.857 bits per heavy atom. The molecule has 1 heterocycles. The first-order chi connectivity index (χ1) is 13.5. The molecule has 0 atom stereocenters. The van der Waals surface area contributed by atoms with Crippen molar-refractivity contribution in [3.8, 4) is 21.8 Å². The molecule has 0 fully saturated rings. The molecule has 0 aliphatic rings. The SMILES string of the molecule is O=S(=O)(Nc1cccc(-c2csc(-c3ccccc3)n2)c1)c1ccccc1Br. The second-order valence-corrected chi connectivity index (χ2v) is 9.38. The Balaban J connectivity index is 1.62. The van der Waals surface area contributed by atoms with Gasteiger partial charge in [0.05, 0.1) is 5.69 Å². The molecule has 3 aromatic carbocycles. The smallest absolute Gasteiger partial charge is 0.263 e. The summed E-state index contributed by atoms with van der Waals surface area (Å²) < 4.78 is 28.6.